The van der Waals surface area contributed by atoms with Crippen molar-refractivity contribution in [2.24, 2.45) is 5.92 Å². The maximum Gasteiger partial charge on any atom is 0.335 e. The van der Waals surface area contributed by atoms with Gasteiger partial charge in [-0.15, -0.1) is 0 Å². The first-order valence-electron chi connectivity index (χ1n) is 6.41. The molecule has 0 bridgehead atoms. The van der Waals surface area contributed by atoms with Crippen molar-refractivity contribution in [1.82, 2.24) is 5.32 Å². The van der Waals surface area contributed by atoms with Gasteiger partial charge in [-0.25, -0.2) is 4.79 Å². The average Bonchev–Trinajstić information content (AvgIpc) is 3.15. The third-order valence-electron chi connectivity index (χ3n) is 3.17. The molecule has 1 aliphatic carbocycles. The Balaban J connectivity index is 1.90. The van der Waals surface area contributed by atoms with E-state index >= 15 is 0 Å². The van der Waals surface area contributed by atoms with Crippen LogP contribution in [0.2, 0.25) is 0 Å². The van der Waals surface area contributed by atoms with E-state index in [1.54, 1.807) is 6.07 Å². The van der Waals surface area contributed by atoms with Crippen LogP contribution in [0.5, 0.6) is 0 Å². The first-order valence-corrected chi connectivity index (χ1v) is 6.41. The summed E-state index contributed by atoms with van der Waals surface area (Å²) in [5.41, 5.74) is 1.57. The minimum Gasteiger partial charge on any atom is -0.478 e. The van der Waals surface area contributed by atoms with Gasteiger partial charge in [0.2, 0.25) is 5.91 Å². The number of anilines is 1. The van der Waals surface area contributed by atoms with Crippen molar-refractivity contribution >= 4 is 17.6 Å². The summed E-state index contributed by atoms with van der Waals surface area (Å²) in [5.74, 6) is -0.418. The first kappa shape index (κ1) is 13.5. The predicted octanol–water partition coefficient (Wildman–Crippen LogP) is 1.63. The maximum atomic E-state index is 11.7. The van der Waals surface area contributed by atoms with E-state index in [1.807, 2.05) is 6.92 Å². The Hall–Kier alpha value is -1.88. The van der Waals surface area contributed by atoms with Gasteiger partial charge in [0, 0.05) is 5.69 Å². The van der Waals surface area contributed by atoms with E-state index < -0.39 is 5.97 Å². The van der Waals surface area contributed by atoms with Crippen molar-refractivity contribution in [3.63, 3.8) is 0 Å². The molecule has 0 aliphatic heterocycles. The Kier molecular flexibility index (Phi) is 4.16. The highest BCUT2D eigenvalue weighted by Gasteiger charge is 2.20. The van der Waals surface area contributed by atoms with Crippen LogP contribution in [0.15, 0.2) is 18.2 Å². The summed E-state index contributed by atoms with van der Waals surface area (Å²) < 4.78 is 0. The molecule has 0 atom stereocenters. The van der Waals surface area contributed by atoms with Crippen LogP contribution in [-0.2, 0) is 4.79 Å². The largest absolute Gasteiger partial charge is 0.478 e. The fourth-order valence-electron chi connectivity index (χ4n) is 1.80. The first-order chi connectivity index (χ1) is 9.06. The SMILES string of the molecule is Cc1ccc(C(=O)O)cc1NC(=O)CNCC1CC1. The zero-order chi connectivity index (χ0) is 13.8. The van der Waals surface area contributed by atoms with Gasteiger partial charge < -0.3 is 15.7 Å². The van der Waals surface area contributed by atoms with E-state index in [1.165, 1.54) is 25.0 Å². The molecule has 0 unspecified atom stereocenters. The lowest BCUT2D eigenvalue weighted by Crippen LogP contribution is -2.29. The molecule has 1 aliphatic rings. The third kappa shape index (κ3) is 4.06. The maximum absolute atomic E-state index is 11.7. The van der Waals surface area contributed by atoms with E-state index in [9.17, 15) is 9.59 Å². The summed E-state index contributed by atoms with van der Waals surface area (Å²) in [6.07, 6.45) is 2.49. The molecule has 1 aromatic rings. The number of rotatable bonds is 6. The van der Waals surface area contributed by atoms with Crippen molar-refractivity contribution in [2.75, 3.05) is 18.4 Å². The highest BCUT2D eigenvalue weighted by Crippen LogP contribution is 2.27. The third-order valence-corrected chi connectivity index (χ3v) is 3.17. The van der Waals surface area contributed by atoms with Crippen molar-refractivity contribution in [1.29, 1.82) is 0 Å². The van der Waals surface area contributed by atoms with Crippen molar-refractivity contribution in [3.05, 3.63) is 29.3 Å². The normalized spacial score (nSPS) is 14.2. The molecular formula is C14H18N2O3. The molecule has 0 aromatic heterocycles. The zero-order valence-electron chi connectivity index (χ0n) is 10.9. The Bertz CT molecular complexity index is 495. The summed E-state index contributed by atoms with van der Waals surface area (Å²) in [6.45, 7) is 2.97. The molecular weight excluding hydrogens is 244 g/mol. The standard InChI is InChI=1S/C14H18N2O3/c1-9-2-5-11(14(18)19)6-12(9)16-13(17)8-15-7-10-3-4-10/h2,5-6,10,15H,3-4,7-8H2,1H3,(H,16,17)(H,18,19). The van der Waals surface area contributed by atoms with E-state index in [0.717, 1.165) is 18.0 Å². The second-order valence-electron chi connectivity index (χ2n) is 4.96. The number of aromatic carboxylic acids is 1. The number of amides is 1. The van der Waals surface area contributed by atoms with Crippen LogP contribution in [0, 0.1) is 12.8 Å². The van der Waals surface area contributed by atoms with Crippen molar-refractivity contribution < 1.29 is 14.7 Å². The van der Waals surface area contributed by atoms with Crippen LogP contribution in [0.4, 0.5) is 5.69 Å². The molecule has 5 nitrogen and oxygen atoms in total. The lowest BCUT2D eigenvalue weighted by atomic mass is 10.1. The Morgan fingerprint density at radius 3 is 2.74 bits per heavy atom. The number of benzene rings is 1. The molecule has 2 rings (SSSR count). The van der Waals surface area contributed by atoms with E-state index in [4.69, 9.17) is 5.11 Å². The smallest absolute Gasteiger partial charge is 0.335 e. The molecule has 0 heterocycles. The van der Waals surface area contributed by atoms with E-state index in [2.05, 4.69) is 10.6 Å². The van der Waals surface area contributed by atoms with Crippen LogP contribution < -0.4 is 10.6 Å². The van der Waals surface area contributed by atoms with Gasteiger partial charge in [0.05, 0.1) is 12.1 Å². The van der Waals surface area contributed by atoms with Gasteiger partial charge in [-0.05, 0) is 49.9 Å². The Morgan fingerprint density at radius 1 is 1.37 bits per heavy atom. The minimum atomic E-state index is -0.998. The fraction of sp³-hybridized carbons (Fsp3) is 0.429. The van der Waals surface area contributed by atoms with Crippen LogP contribution in [-0.4, -0.2) is 30.1 Å². The van der Waals surface area contributed by atoms with Gasteiger partial charge in [-0.1, -0.05) is 6.07 Å². The molecule has 19 heavy (non-hydrogen) atoms. The number of nitrogens with one attached hydrogen (secondary N) is 2. The summed E-state index contributed by atoms with van der Waals surface area (Å²) in [6, 6.07) is 4.70. The fourth-order valence-corrected chi connectivity index (χ4v) is 1.80. The molecule has 1 fully saturated rings. The quantitative estimate of drug-likeness (QED) is 0.728. The Labute approximate surface area is 112 Å². The number of hydrogen-bond acceptors (Lipinski definition) is 3. The lowest BCUT2D eigenvalue weighted by molar-refractivity contribution is -0.115. The molecule has 1 amide bonds. The van der Waals surface area contributed by atoms with Gasteiger partial charge >= 0.3 is 5.97 Å². The molecule has 102 valence electrons. The van der Waals surface area contributed by atoms with Crippen LogP contribution in [0.25, 0.3) is 0 Å². The zero-order valence-corrected chi connectivity index (χ0v) is 10.9. The van der Waals surface area contributed by atoms with Crippen LogP contribution in [0.1, 0.15) is 28.8 Å². The van der Waals surface area contributed by atoms with Gasteiger partial charge in [-0.3, -0.25) is 4.79 Å². The van der Waals surface area contributed by atoms with Gasteiger partial charge in [0.15, 0.2) is 0 Å². The minimum absolute atomic E-state index is 0.147. The number of carbonyl (C=O) groups is 2. The number of carboxylic acids is 1. The number of carboxylic acid groups (broad SMARTS) is 1. The molecule has 1 aromatic carbocycles. The summed E-state index contributed by atoms with van der Waals surface area (Å²) >= 11 is 0. The second-order valence-corrected chi connectivity index (χ2v) is 4.96. The van der Waals surface area contributed by atoms with Gasteiger partial charge in [-0.2, -0.15) is 0 Å². The second kappa shape index (κ2) is 5.84. The molecule has 0 spiro atoms. The predicted molar refractivity (Wildman–Crippen MR) is 72.4 cm³/mol. The molecule has 0 saturated heterocycles. The topological polar surface area (TPSA) is 78.4 Å². The van der Waals surface area contributed by atoms with Gasteiger partial charge in [0.1, 0.15) is 0 Å². The highest BCUT2D eigenvalue weighted by atomic mass is 16.4. The summed E-state index contributed by atoms with van der Waals surface area (Å²) in [7, 11) is 0. The summed E-state index contributed by atoms with van der Waals surface area (Å²) in [5, 5.41) is 14.7. The Morgan fingerprint density at radius 2 is 2.11 bits per heavy atom. The lowest BCUT2D eigenvalue weighted by Gasteiger charge is -2.10. The van der Waals surface area contributed by atoms with Crippen molar-refractivity contribution in [3.8, 4) is 0 Å². The van der Waals surface area contributed by atoms with Crippen LogP contribution >= 0.6 is 0 Å². The molecule has 1 saturated carbocycles. The average molecular weight is 262 g/mol. The number of carbonyl (C=O) groups excluding carboxylic acids is 1. The molecule has 0 radical (unpaired) electrons. The van der Waals surface area contributed by atoms with Gasteiger partial charge in [0.25, 0.3) is 0 Å². The van der Waals surface area contributed by atoms with Crippen molar-refractivity contribution in [2.45, 2.75) is 19.8 Å². The molecule has 3 N–H and O–H groups in total. The number of hydrogen-bond donors (Lipinski definition) is 3. The van der Waals surface area contributed by atoms with Crippen LogP contribution in [0.3, 0.4) is 0 Å². The monoisotopic (exact) mass is 262 g/mol. The summed E-state index contributed by atoms with van der Waals surface area (Å²) in [4.78, 5) is 22.6. The van der Waals surface area contributed by atoms with E-state index in [-0.39, 0.29) is 18.0 Å². The molecule has 5 heteroatoms. The number of aryl methyl sites for hydroxylation is 1. The van der Waals surface area contributed by atoms with E-state index in [0.29, 0.717) is 5.69 Å². The highest BCUT2D eigenvalue weighted by molar-refractivity contribution is 5.95.